The van der Waals surface area contributed by atoms with Crippen LogP contribution in [0.25, 0.3) is 11.3 Å². The summed E-state index contributed by atoms with van der Waals surface area (Å²) in [6.45, 7) is 2.68. The molecule has 0 radical (unpaired) electrons. The number of unbranched alkanes of at least 4 members (excludes halogenated alkanes) is 1. The molecule has 2 N–H and O–H groups in total. The summed E-state index contributed by atoms with van der Waals surface area (Å²) in [5.74, 6) is -0.319. The molecule has 0 atom stereocenters. The van der Waals surface area contributed by atoms with Crippen LogP contribution in [0.2, 0.25) is 0 Å². The number of benzene rings is 1. The van der Waals surface area contributed by atoms with Gasteiger partial charge in [0.1, 0.15) is 5.76 Å². The van der Waals surface area contributed by atoms with E-state index in [1.165, 1.54) is 23.0 Å². The molecule has 2 aromatic heterocycles. The van der Waals surface area contributed by atoms with Crippen LogP contribution in [-0.2, 0) is 6.54 Å². The van der Waals surface area contributed by atoms with Crippen molar-refractivity contribution in [2.24, 2.45) is 0 Å². The lowest BCUT2D eigenvalue weighted by Gasteiger charge is -2.04. The zero-order valence-corrected chi connectivity index (χ0v) is 16.2. The van der Waals surface area contributed by atoms with Crippen LogP contribution >= 0.6 is 12.2 Å². The molecule has 0 fully saturated rings. The molecule has 29 heavy (non-hydrogen) atoms. The third-order valence-electron chi connectivity index (χ3n) is 3.81. The second-order valence-electron chi connectivity index (χ2n) is 5.91. The quantitative estimate of drug-likeness (QED) is 0.338. The third-order valence-corrected chi connectivity index (χ3v) is 4.02. The number of amides is 1. The van der Waals surface area contributed by atoms with E-state index in [2.05, 4.69) is 33.0 Å². The fraction of sp³-hybridized carbons (Fsp3) is 0.235. The highest BCUT2D eigenvalue weighted by atomic mass is 32.1. The van der Waals surface area contributed by atoms with Gasteiger partial charge in [-0.05, 0) is 42.1 Å². The van der Waals surface area contributed by atoms with Crippen LogP contribution in [0, 0.1) is 10.1 Å². The number of nitrogens with zero attached hydrogens (tertiary/aromatic N) is 5. The molecular weight excluding hydrogens is 398 g/mol. The van der Waals surface area contributed by atoms with Crippen molar-refractivity contribution in [3.8, 4) is 11.3 Å². The monoisotopic (exact) mass is 415 g/mol. The van der Waals surface area contributed by atoms with E-state index in [0.29, 0.717) is 6.54 Å². The molecule has 0 saturated carbocycles. The van der Waals surface area contributed by atoms with Crippen molar-refractivity contribution in [2.45, 2.75) is 26.3 Å². The topological polar surface area (TPSA) is 141 Å². The molecule has 2 heterocycles. The summed E-state index contributed by atoms with van der Waals surface area (Å²) in [5.41, 5.74) is 0.147. The summed E-state index contributed by atoms with van der Waals surface area (Å²) in [6.07, 6.45) is 1.91. The summed E-state index contributed by atoms with van der Waals surface area (Å²) < 4.78 is 5.47. The molecule has 11 nitrogen and oxygen atoms in total. The molecule has 0 unspecified atom stereocenters. The number of carbonyl (C=O) groups excluding carboxylic acids is 1. The smallest absolute Gasteiger partial charge is 0.293 e. The standard InChI is InChI=1S/C17H17N7O4S/c1-2-3-10-23-21-16(20-22-23)19-17(29)18-15(25)14-9-8-13(28-14)11-6-4-5-7-12(11)24(26)27/h4-9H,2-3,10H2,1H3,(H2,18,19,21,25,29). The number of hydrogen-bond donors (Lipinski definition) is 2. The lowest BCUT2D eigenvalue weighted by Crippen LogP contribution is -2.34. The Balaban J connectivity index is 1.64. The SMILES string of the molecule is CCCCn1nnc(NC(=S)NC(=O)c2ccc(-c3ccccc3[N+](=O)[O-])o2)n1. The summed E-state index contributed by atoms with van der Waals surface area (Å²) >= 11 is 5.07. The first-order valence-corrected chi connectivity index (χ1v) is 9.12. The van der Waals surface area contributed by atoms with Crippen molar-refractivity contribution in [1.29, 1.82) is 0 Å². The van der Waals surface area contributed by atoms with E-state index in [1.807, 2.05) is 0 Å². The Labute approximate surface area is 170 Å². The summed E-state index contributed by atoms with van der Waals surface area (Å²) in [7, 11) is 0. The number of hydrogen-bond acceptors (Lipinski definition) is 8. The van der Waals surface area contributed by atoms with Gasteiger partial charge in [-0.1, -0.05) is 30.6 Å². The largest absolute Gasteiger partial charge is 0.451 e. The first-order valence-electron chi connectivity index (χ1n) is 8.71. The van der Waals surface area contributed by atoms with Gasteiger partial charge >= 0.3 is 0 Å². The molecule has 150 valence electrons. The maximum Gasteiger partial charge on any atom is 0.293 e. The van der Waals surface area contributed by atoms with Crippen LogP contribution in [0.1, 0.15) is 30.3 Å². The fourth-order valence-corrected chi connectivity index (χ4v) is 2.61. The molecule has 3 rings (SSSR count). The van der Waals surface area contributed by atoms with Gasteiger partial charge in [-0.15, -0.1) is 5.10 Å². The van der Waals surface area contributed by atoms with Gasteiger partial charge < -0.3 is 4.42 Å². The highest BCUT2D eigenvalue weighted by Crippen LogP contribution is 2.30. The van der Waals surface area contributed by atoms with Gasteiger partial charge in [-0.25, -0.2) is 0 Å². The van der Waals surface area contributed by atoms with E-state index < -0.39 is 10.8 Å². The maximum absolute atomic E-state index is 12.3. The molecule has 0 spiro atoms. The molecule has 1 aromatic carbocycles. The summed E-state index contributed by atoms with van der Waals surface area (Å²) in [4.78, 5) is 24.4. The molecule has 3 aromatic rings. The summed E-state index contributed by atoms with van der Waals surface area (Å²) in [5, 5.41) is 28.0. The highest BCUT2D eigenvalue weighted by molar-refractivity contribution is 7.80. The number of aromatic nitrogens is 4. The molecule has 0 aliphatic heterocycles. The average molecular weight is 415 g/mol. The first kappa shape index (κ1) is 20.1. The lowest BCUT2D eigenvalue weighted by atomic mass is 10.1. The van der Waals surface area contributed by atoms with Gasteiger partial charge in [-0.2, -0.15) is 4.80 Å². The zero-order valence-electron chi connectivity index (χ0n) is 15.4. The predicted octanol–water partition coefficient (Wildman–Crippen LogP) is 2.77. The van der Waals surface area contributed by atoms with Crippen LogP contribution < -0.4 is 10.6 Å². The van der Waals surface area contributed by atoms with Crippen LogP contribution in [-0.4, -0.2) is 36.2 Å². The summed E-state index contributed by atoms with van der Waals surface area (Å²) in [6, 6.07) is 8.98. The van der Waals surface area contributed by atoms with Gasteiger partial charge in [0.25, 0.3) is 17.5 Å². The molecule has 0 bridgehead atoms. The van der Waals surface area contributed by atoms with E-state index >= 15 is 0 Å². The van der Waals surface area contributed by atoms with E-state index in [9.17, 15) is 14.9 Å². The first-order chi connectivity index (χ1) is 14.0. The Hall–Kier alpha value is -3.67. The molecule has 0 aliphatic carbocycles. The number of nitrogens with one attached hydrogen (secondary N) is 2. The lowest BCUT2D eigenvalue weighted by molar-refractivity contribution is -0.384. The number of furan rings is 1. The van der Waals surface area contributed by atoms with Gasteiger partial charge in [0.2, 0.25) is 0 Å². The van der Waals surface area contributed by atoms with Gasteiger partial charge in [0.05, 0.1) is 17.0 Å². The molecule has 0 saturated heterocycles. The second-order valence-corrected chi connectivity index (χ2v) is 6.32. The number of anilines is 1. The molecule has 1 amide bonds. The van der Waals surface area contributed by atoms with Crippen LogP contribution in [0.5, 0.6) is 0 Å². The average Bonchev–Trinajstić information content (AvgIpc) is 3.36. The Morgan fingerprint density at radius 1 is 1.31 bits per heavy atom. The van der Waals surface area contributed by atoms with Crippen molar-refractivity contribution >= 4 is 34.9 Å². The number of tetrazole rings is 1. The van der Waals surface area contributed by atoms with Crippen LogP contribution in [0.4, 0.5) is 11.6 Å². The molecular formula is C17H17N7O4S. The molecule has 0 aliphatic rings. The van der Waals surface area contributed by atoms with E-state index in [4.69, 9.17) is 16.6 Å². The number of nitro groups is 1. The Kier molecular flexibility index (Phi) is 6.24. The minimum Gasteiger partial charge on any atom is -0.451 e. The van der Waals surface area contributed by atoms with E-state index in [-0.39, 0.29) is 33.8 Å². The number of aryl methyl sites for hydroxylation is 1. The van der Waals surface area contributed by atoms with Crippen LogP contribution in [0.15, 0.2) is 40.8 Å². The molecule has 12 heteroatoms. The highest BCUT2D eigenvalue weighted by Gasteiger charge is 2.20. The van der Waals surface area contributed by atoms with Crippen molar-refractivity contribution in [2.75, 3.05) is 5.32 Å². The Morgan fingerprint density at radius 3 is 2.86 bits per heavy atom. The minimum atomic E-state index is -0.620. The van der Waals surface area contributed by atoms with Crippen molar-refractivity contribution in [3.05, 3.63) is 52.3 Å². The number of rotatable bonds is 7. The number of carbonyl (C=O) groups is 1. The van der Waals surface area contributed by atoms with Gasteiger partial charge in [0.15, 0.2) is 10.9 Å². The third kappa shape index (κ3) is 4.99. The second kappa shape index (κ2) is 9.01. The van der Waals surface area contributed by atoms with Crippen molar-refractivity contribution < 1.29 is 14.1 Å². The fourth-order valence-electron chi connectivity index (χ4n) is 2.43. The predicted molar refractivity (Wildman–Crippen MR) is 107 cm³/mol. The Morgan fingerprint density at radius 2 is 2.10 bits per heavy atom. The van der Waals surface area contributed by atoms with Crippen molar-refractivity contribution in [1.82, 2.24) is 25.5 Å². The maximum atomic E-state index is 12.3. The number of thiocarbonyl (C=S) groups is 1. The van der Waals surface area contributed by atoms with Crippen molar-refractivity contribution in [3.63, 3.8) is 0 Å². The van der Waals surface area contributed by atoms with Crippen LogP contribution in [0.3, 0.4) is 0 Å². The number of nitro benzene ring substituents is 1. The van der Waals surface area contributed by atoms with E-state index in [0.717, 1.165) is 12.8 Å². The van der Waals surface area contributed by atoms with Gasteiger partial charge in [0, 0.05) is 6.07 Å². The van der Waals surface area contributed by atoms with E-state index in [1.54, 1.807) is 18.2 Å². The normalized spacial score (nSPS) is 10.5. The minimum absolute atomic E-state index is 0.0336. The number of para-hydroxylation sites is 1. The Bertz CT molecular complexity index is 1050. The van der Waals surface area contributed by atoms with Gasteiger partial charge in [-0.3, -0.25) is 25.5 Å². The zero-order chi connectivity index (χ0) is 20.8.